The van der Waals surface area contributed by atoms with E-state index in [0.717, 1.165) is 24.2 Å². The number of amides is 2. The summed E-state index contributed by atoms with van der Waals surface area (Å²) in [5.41, 5.74) is 0.716. The highest BCUT2D eigenvalue weighted by Gasteiger charge is 2.30. The molecule has 0 saturated heterocycles. The molecule has 9 nitrogen and oxygen atoms in total. The molecule has 1 aromatic heterocycles. The molecule has 0 bridgehead atoms. The van der Waals surface area contributed by atoms with E-state index in [9.17, 15) is 9.59 Å². The zero-order chi connectivity index (χ0) is 19.2. The minimum absolute atomic E-state index is 0.148. The van der Waals surface area contributed by atoms with E-state index >= 15 is 0 Å². The summed E-state index contributed by atoms with van der Waals surface area (Å²) < 4.78 is 13.2. The second-order valence-corrected chi connectivity index (χ2v) is 6.33. The summed E-state index contributed by atoms with van der Waals surface area (Å²) in [5.74, 6) is 1.40. The first-order chi connectivity index (χ1) is 13.1. The number of nitrogens with zero attached hydrogens (tertiary/aromatic N) is 3. The van der Waals surface area contributed by atoms with Gasteiger partial charge >= 0.3 is 11.7 Å². The molecule has 27 heavy (non-hydrogen) atoms. The van der Waals surface area contributed by atoms with Gasteiger partial charge in [0.25, 0.3) is 0 Å². The molecular formula is C18H25N5O4. The van der Waals surface area contributed by atoms with Crippen LogP contribution in [0.15, 0.2) is 29.1 Å². The normalized spacial score (nSPS) is 13.4. The van der Waals surface area contributed by atoms with Gasteiger partial charge in [-0.25, -0.2) is 14.3 Å². The zero-order valence-electron chi connectivity index (χ0n) is 15.6. The molecule has 1 saturated carbocycles. The lowest BCUT2D eigenvalue weighted by molar-refractivity contribution is 0.196. The van der Waals surface area contributed by atoms with Crippen LogP contribution in [-0.4, -0.2) is 54.3 Å². The summed E-state index contributed by atoms with van der Waals surface area (Å²) in [6, 6.07) is 7.39. The molecule has 2 N–H and O–H groups in total. The number of methoxy groups -OCH3 is 2. The van der Waals surface area contributed by atoms with Crippen molar-refractivity contribution in [2.75, 3.05) is 33.9 Å². The molecule has 1 fully saturated rings. The number of carbonyl (C=O) groups is 1. The molecule has 2 amide bonds. The minimum atomic E-state index is -0.294. The molecule has 0 aliphatic heterocycles. The van der Waals surface area contributed by atoms with E-state index in [1.165, 1.54) is 4.68 Å². The fraction of sp³-hybridized carbons (Fsp3) is 0.500. The predicted octanol–water partition coefficient (Wildman–Crippen LogP) is 1.00. The van der Waals surface area contributed by atoms with Crippen molar-refractivity contribution in [2.24, 2.45) is 0 Å². The summed E-state index contributed by atoms with van der Waals surface area (Å²) in [6.07, 6.45) is 1.96. The van der Waals surface area contributed by atoms with Crippen molar-refractivity contribution in [3.8, 4) is 17.1 Å². The van der Waals surface area contributed by atoms with Crippen molar-refractivity contribution in [3.63, 3.8) is 0 Å². The Bertz CT molecular complexity index is 823. The van der Waals surface area contributed by atoms with E-state index < -0.39 is 0 Å². The van der Waals surface area contributed by atoms with Crippen LogP contribution in [0.1, 0.15) is 18.9 Å². The van der Waals surface area contributed by atoms with Gasteiger partial charge in [-0.2, -0.15) is 0 Å². The number of carbonyl (C=O) groups excluding carboxylic acids is 1. The maximum Gasteiger partial charge on any atom is 0.346 e. The molecule has 1 heterocycles. The number of benzene rings is 1. The van der Waals surface area contributed by atoms with Crippen LogP contribution in [0.5, 0.6) is 5.75 Å². The molecule has 0 radical (unpaired) electrons. The van der Waals surface area contributed by atoms with Crippen molar-refractivity contribution in [3.05, 3.63) is 34.7 Å². The van der Waals surface area contributed by atoms with Gasteiger partial charge in [-0.05, 0) is 37.1 Å². The Morgan fingerprint density at radius 3 is 2.52 bits per heavy atom. The van der Waals surface area contributed by atoms with Gasteiger partial charge < -0.3 is 20.1 Å². The third-order valence-electron chi connectivity index (χ3n) is 4.33. The summed E-state index contributed by atoms with van der Waals surface area (Å²) in [4.78, 5) is 24.4. The fourth-order valence-electron chi connectivity index (χ4n) is 2.77. The maximum absolute atomic E-state index is 12.7. The zero-order valence-corrected chi connectivity index (χ0v) is 15.6. The summed E-state index contributed by atoms with van der Waals surface area (Å²) in [5, 5.41) is 9.88. The van der Waals surface area contributed by atoms with Crippen molar-refractivity contribution in [2.45, 2.75) is 25.4 Å². The molecule has 1 aliphatic rings. The summed E-state index contributed by atoms with van der Waals surface area (Å²) in [6.45, 7) is 1.49. The molecule has 0 atom stereocenters. The third-order valence-corrected chi connectivity index (χ3v) is 4.33. The Morgan fingerprint density at radius 1 is 1.19 bits per heavy atom. The van der Waals surface area contributed by atoms with Crippen molar-refractivity contribution in [1.82, 2.24) is 25.0 Å². The third kappa shape index (κ3) is 4.68. The van der Waals surface area contributed by atoms with Gasteiger partial charge in [0.05, 0.1) is 20.3 Å². The number of aromatic nitrogens is 3. The molecule has 1 aromatic carbocycles. The van der Waals surface area contributed by atoms with Crippen LogP contribution in [0, 0.1) is 0 Å². The second kappa shape index (κ2) is 8.72. The first-order valence-electron chi connectivity index (χ1n) is 8.98. The van der Waals surface area contributed by atoms with E-state index in [-0.39, 0.29) is 17.8 Å². The smallest absolute Gasteiger partial charge is 0.346 e. The maximum atomic E-state index is 12.7. The molecule has 3 rings (SSSR count). The van der Waals surface area contributed by atoms with Crippen LogP contribution >= 0.6 is 0 Å². The molecule has 2 aromatic rings. The van der Waals surface area contributed by atoms with Crippen LogP contribution in [0.4, 0.5) is 4.79 Å². The predicted molar refractivity (Wildman–Crippen MR) is 100 cm³/mol. The largest absolute Gasteiger partial charge is 0.497 e. The average molecular weight is 375 g/mol. The standard InChI is InChI=1S/C18H25N5O4/c1-26-12-10-20-17(24)19-9-11-22-18(25)23(14-5-6-14)16(21-22)13-3-7-15(27-2)8-4-13/h3-4,7-8,14H,5-6,9-12H2,1-2H3,(H2,19,20,24). The van der Waals surface area contributed by atoms with E-state index in [1.807, 2.05) is 24.3 Å². The van der Waals surface area contributed by atoms with Gasteiger partial charge in [-0.15, -0.1) is 5.10 Å². The SMILES string of the molecule is COCCNC(=O)NCCn1nc(-c2ccc(OC)cc2)n(C2CC2)c1=O. The van der Waals surface area contributed by atoms with E-state index in [0.29, 0.717) is 32.1 Å². The number of hydrogen-bond donors (Lipinski definition) is 2. The fourth-order valence-corrected chi connectivity index (χ4v) is 2.77. The van der Waals surface area contributed by atoms with Crippen LogP contribution < -0.4 is 21.1 Å². The van der Waals surface area contributed by atoms with Gasteiger partial charge in [0.1, 0.15) is 5.75 Å². The highest BCUT2D eigenvalue weighted by atomic mass is 16.5. The average Bonchev–Trinajstić information content (AvgIpc) is 3.46. The van der Waals surface area contributed by atoms with Crippen LogP contribution in [0.2, 0.25) is 0 Å². The number of ether oxygens (including phenoxy) is 2. The Labute approximate surface area is 157 Å². The highest BCUT2D eigenvalue weighted by Crippen LogP contribution is 2.36. The van der Waals surface area contributed by atoms with Gasteiger partial charge in [0, 0.05) is 31.8 Å². The molecule has 9 heteroatoms. The number of urea groups is 1. The second-order valence-electron chi connectivity index (χ2n) is 6.33. The monoisotopic (exact) mass is 375 g/mol. The molecule has 0 spiro atoms. The van der Waals surface area contributed by atoms with Crippen molar-refractivity contribution >= 4 is 6.03 Å². The first kappa shape index (κ1) is 19.0. The van der Waals surface area contributed by atoms with Crippen molar-refractivity contribution < 1.29 is 14.3 Å². The van der Waals surface area contributed by atoms with E-state index in [1.54, 1.807) is 18.8 Å². The number of rotatable bonds is 9. The Hall–Kier alpha value is -2.81. The van der Waals surface area contributed by atoms with Gasteiger partial charge in [0.15, 0.2) is 5.82 Å². The Kier molecular flexibility index (Phi) is 6.12. The van der Waals surface area contributed by atoms with E-state index in [2.05, 4.69) is 15.7 Å². The number of nitrogens with one attached hydrogen (secondary N) is 2. The molecule has 146 valence electrons. The Balaban J connectivity index is 1.69. The van der Waals surface area contributed by atoms with Crippen molar-refractivity contribution in [1.29, 1.82) is 0 Å². The lowest BCUT2D eigenvalue weighted by atomic mass is 10.2. The topological polar surface area (TPSA) is 99.4 Å². The quantitative estimate of drug-likeness (QED) is 0.637. The first-order valence-corrected chi connectivity index (χ1v) is 8.98. The van der Waals surface area contributed by atoms with Gasteiger partial charge in [0.2, 0.25) is 0 Å². The van der Waals surface area contributed by atoms with Crippen LogP contribution in [-0.2, 0) is 11.3 Å². The lowest BCUT2D eigenvalue weighted by Gasteiger charge is -2.06. The highest BCUT2D eigenvalue weighted by molar-refractivity contribution is 5.73. The minimum Gasteiger partial charge on any atom is -0.497 e. The van der Waals surface area contributed by atoms with Crippen LogP contribution in [0.3, 0.4) is 0 Å². The molecule has 0 unspecified atom stereocenters. The molecular weight excluding hydrogens is 350 g/mol. The Morgan fingerprint density at radius 2 is 1.89 bits per heavy atom. The summed E-state index contributed by atoms with van der Waals surface area (Å²) >= 11 is 0. The van der Waals surface area contributed by atoms with E-state index in [4.69, 9.17) is 9.47 Å². The van der Waals surface area contributed by atoms with Gasteiger partial charge in [-0.1, -0.05) is 0 Å². The lowest BCUT2D eigenvalue weighted by Crippen LogP contribution is -2.39. The number of hydrogen-bond acceptors (Lipinski definition) is 5. The van der Waals surface area contributed by atoms with Crippen LogP contribution in [0.25, 0.3) is 11.4 Å². The van der Waals surface area contributed by atoms with Gasteiger partial charge in [-0.3, -0.25) is 4.57 Å². The summed E-state index contributed by atoms with van der Waals surface area (Å²) in [7, 11) is 3.19. The molecule has 1 aliphatic carbocycles.